The third-order valence-electron chi connectivity index (χ3n) is 7.64. The maximum atomic E-state index is 15.2. The highest BCUT2D eigenvalue weighted by Gasteiger charge is 2.36. The highest BCUT2D eigenvalue weighted by molar-refractivity contribution is 7.64. The van der Waals surface area contributed by atoms with Crippen LogP contribution in [0.25, 0.3) is 11.3 Å². The van der Waals surface area contributed by atoms with E-state index in [1.807, 2.05) is 51.7 Å². The molecule has 1 aliphatic heterocycles. The summed E-state index contributed by atoms with van der Waals surface area (Å²) in [7, 11) is 0. The Hall–Kier alpha value is -4.09. The largest absolute Gasteiger partial charge is 0.398 e. The second-order valence-corrected chi connectivity index (χ2v) is 12.5. The van der Waals surface area contributed by atoms with Gasteiger partial charge in [-0.15, -0.1) is 0 Å². The van der Waals surface area contributed by atoms with Crippen LogP contribution in [0.2, 0.25) is 5.02 Å². The molecule has 0 bridgehead atoms. The average molecular weight is 639 g/mol. The molecule has 12 heteroatoms. The van der Waals surface area contributed by atoms with Crippen LogP contribution in [0, 0.1) is 5.82 Å². The fourth-order valence-corrected chi connectivity index (χ4v) is 6.03. The van der Waals surface area contributed by atoms with Crippen molar-refractivity contribution in [3.8, 4) is 11.3 Å². The van der Waals surface area contributed by atoms with E-state index < -0.39 is 17.7 Å². The number of nitrogens with zero attached hydrogens (tertiary/aromatic N) is 5. The molecule has 2 unspecified atom stereocenters. The normalized spacial score (nSPS) is 17.4. The monoisotopic (exact) mass is 638 g/mol. The van der Waals surface area contributed by atoms with Crippen LogP contribution in [0.3, 0.4) is 0 Å². The van der Waals surface area contributed by atoms with Crippen molar-refractivity contribution in [3.05, 3.63) is 83.2 Å². The number of pyridine rings is 1. The van der Waals surface area contributed by atoms with Crippen molar-refractivity contribution in [2.75, 3.05) is 23.7 Å². The Bertz CT molecular complexity index is 1620. The molecular formula is C32H36ClFN6O3S. The Labute approximate surface area is 265 Å². The Balaban J connectivity index is 2.02. The first kappa shape index (κ1) is 32.8. The predicted molar refractivity (Wildman–Crippen MR) is 176 cm³/mol. The van der Waals surface area contributed by atoms with Gasteiger partial charge in [0, 0.05) is 30.9 Å². The highest BCUT2D eigenvalue weighted by atomic mass is 35.5. The Morgan fingerprint density at radius 1 is 1.16 bits per heavy atom. The van der Waals surface area contributed by atoms with Crippen LogP contribution in [0.1, 0.15) is 45.7 Å². The SMILES string of the molecule is C=CC(=O)N1CC(C)N(/C(=N/[SH]=O)c2cc(Cl)c(-c3c(N)cccc3F)nc2N(C=O)c2ccccc2C(C)(C)C)CC1C. The van der Waals surface area contributed by atoms with Gasteiger partial charge in [0.1, 0.15) is 17.7 Å². The summed E-state index contributed by atoms with van der Waals surface area (Å²) in [5, 5.41) is 0.0481. The molecule has 3 aromatic rings. The maximum Gasteiger partial charge on any atom is 0.246 e. The predicted octanol–water partition coefficient (Wildman–Crippen LogP) is 5.43. The van der Waals surface area contributed by atoms with E-state index in [1.54, 1.807) is 17.0 Å². The lowest BCUT2D eigenvalue weighted by Gasteiger charge is -2.45. The van der Waals surface area contributed by atoms with Gasteiger partial charge in [-0.2, -0.15) is 4.40 Å². The highest BCUT2D eigenvalue weighted by Crippen LogP contribution is 2.40. The number of halogens is 2. The molecule has 2 N–H and O–H groups in total. The van der Waals surface area contributed by atoms with Gasteiger partial charge in [0.05, 0.1) is 27.5 Å². The number of amidine groups is 1. The number of carbonyl (C=O) groups excluding carboxylic acids is 2. The third kappa shape index (κ3) is 6.39. The Morgan fingerprint density at radius 3 is 2.43 bits per heavy atom. The quantitative estimate of drug-likeness (QED) is 0.0892. The van der Waals surface area contributed by atoms with Crippen LogP contribution in [-0.4, -0.2) is 62.3 Å². The molecule has 0 aliphatic carbocycles. The molecule has 0 radical (unpaired) electrons. The first-order valence-electron chi connectivity index (χ1n) is 14.0. The fourth-order valence-electron chi connectivity index (χ4n) is 5.48. The Kier molecular flexibility index (Phi) is 9.90. The van der Waals surface area contributed by atoms with Crippen LogP contribution < -0.4 is 10.6 Å². The number of rotatable bonds is 7. The molecule has 2 heterocycles. The maximum absolute atomic E-state index is 15.2. The summed E-state index contributed by atoms with van der Waals surface area (Å²) >= 11 is 6.25. The van der Waals surface area contributed by atoms with Crippen LogP contribution in [0.15, 0.2) is 65.6 Å². The van der Waals surface area contributed by atoms with Gasteiger partial charge in [0.15, 0.2) is 11.7 Å². The Morgan fingerprint density at radius 2 is 1.82 bits per heavy atom. The molecule has 2 aromatic carbocycles. The molecule has 232 valence electrons. The van der Waals surface area contributed by atoms with E-state index in [1.165, 1.54) is 35.2 Å². The van der Waals surface area contributed by atoms with Crippen molar-refractivity contribution in [1.82, 2.24) is 14.8 Å². The van der Waals surface area contributed by atoms with Crippen molar-refractivity contribution in [2.45, 2.75) is 52.1 Å². The lowest BCUT2D eigenvalue weighted by atomic mass is 9.85. The topological polar surface area (TPSA) is 112 Å². The van der Waals surface area contributed by atoms with Gasteiger partial charge < -0.3 is 15.5 Å². The van der Waals surface area contributed by atoms with Crippen LogP contribution in [0.5, 0.6) is 0 Å². The van der Waals surface area contributed by atoms with E-state index in [2.05, 4.69) is 11.0 Å². The second-order valence-electron chi connectivity index (χ2n) is 11.7. The number of amides is 2. The first-order chi connectivity index (χ1) is 20.8. The minimum absolute atomic E-state index is 0.0146. The number of para-hydroxylation sites is 1. The smallest absolute Gasteiger partial charge is 0.246 e. The van der Waals surface area contributed by atoms with Gasteiger partial charge in [0.2, 0.25) is 12.3 Å². The van der Waals surface area contributed by atoms with E-state index in [9.17, 15) is 13.8 Å². The zero-order valence-corrected chi connectivity index (χ0v) is 26.9. The lowest BCUT2D eigenvalue weighted by molar-refractivity contribution is -0.130. The third-order valence-corrected chi connectivity index (χ3v) is 8.20. The molecule has 1 saturated heterocycles. The molecule has 0 saturated carbocycles. The molecule has 1 aliphatic rings. The molecule has 1 fully saturated rings. The van der Waals surface area contributed by atoms with E-state index in [0.29, 0.717) is 25.2 Å². The molecule has 2 amide bonds. The molecule has 4 rings (SSSR count). The van der Waals surface area contributed by atoms with Crippen molar-refractivity contribution in [1.29, 1.82) is 0 Å². The van der Waals surface area contributed by atoms with Crippen molar-refractivity contribution in [2.24, 2.45) is 4.40 Å². The molecule has 1 aromatic heterocycles. The molecule has 44 heavy (non-hydrogen) atoms. The summed E-state index contributed by atoms with van der Waals surface area (Å²) in [5.41, 5.74) is 7.62. The molecule has 2 atom stereocenters. The number of hydrogen-bond acceptors (Lipinski definition) is 5. The number of hydrogen-bond donors (Lipinski definition) is 2. The molecule has 0 spiro atoms. The number of anilines is 3. The van der Waals surface area contributed by atoms with Gasteiger partial charge in [0.25, 0.3) is 0 Å². The summed E-state index contributed by atoms with van der Waals surface area (Å²) in [5.74, 6) is -0.509. The zero-order valence-electron chi connectivity index (χ0n) is 25.3. The summed E-state index contributed by atoms with van der Waals surface area (Å²) in [6.45, 7) is 14.1. The van der Waals surface area contributed by atoms with Gasteiger partial charge >= 0.3 is 0 Å². The standard InChI is InChI=1S/C32H36ClFN6O3S/c1-7-27(42)38-16-20(3)39(17-19(38)2)31(37-44-43)21-15-23(33)29(28-24(34)12-10-13-25(28)35)36-30(21)40(18-41)26-14-9-8-11-22(26)32(4,5)6/h7-15,18-20,44H,1,16-17,35H2,2-6H3/b37-31+. The minimum atomic E-state index is -0.636. The number of benzene rings is 2. The van der Waals surface area contributed by atoms with E-state index in [-0.39, 0.29) is 62.6 Å². The number of piperazine rings is 1. The molecular weight excluding hydrogens is 603 g/mol. The van der Waals surface area contributed by atoms with Crippen molar-refractivity contribution in [3.63, 3.8) is 0 Å². The number of aromatic nitrogens is 1. The molecule has 9 nitrogen and oxygen atoms in total. The summed E-state index contributed by atoms with van der Waals surface area (Å²) in [4.78, 5) is 35.3. The summed E-state index contributed by atoms with van der Waals surface area (Å²) < 4.78 is 31.6. The van der Waals surface area contributed by atoms with Crippen LogP contribution in [-0.2, 0) is 26.9 Å². The number of nitrogen functional groups attached to an aromatic ring is 1. The van der Waals surface area contributed by atoms with Gasteiger partial charge in [-0.1, -0.05) is 63.2 Å². The van der Waals surface area contributed by atoms with E-state index in [0.717, 1.165) is 5.56 Å². The lowest BCUT2D eigenvalue weighted by Crippen LogP contribution is -2.59. The van der Waals surface area contributed by atoms with E-state index >= 15 is 4.39 Å². The number of carbonyl (C=O) groups is 2. The van der Waals surface area contributed by atoms with Gasteiger partial charge in [-0.3, -0.25) is 14.5 Å². The summed E-state index contributed by atoms with van der Waals surface area (Å²) in [6.07, 6.45) is 1.89. The first-order valence-corrected chi connectivity index (χ1v) is 15.2. The van der Waals surface area contributed by atoms with E-state index in [4.69, 9.17) is 22.3 Å². The summed E-state index contributed by atoms with van der Waals surface area (Å²) in [6, 6.07) is 12.7. The fraction of sp³-hybridized carbons (Fsp3) is 0.312. The minimum Gasteiger partial charge on any atom is -0.398 e. The zero-order chi connectivity index (χ0) is 32.3. The van der Waals surface area contributed by atoms with Crippen molar-refractivity contribution < 1.29 is 18.2 Å². The number of nitrogens with two attached hydrogens (primary N) is 1. The van der Waals surface area contributed by atoms with Crippen molar-refractivity contribution >= 4 is 58.8 Å². The van der Waals surface area contributed by atoms with Gasteiger partial charge in [-0.05, 0) is 55.2 Å². The van der Waals surface area contributed by atoms with Gasteiger partial charge in [-0.25, -0.2) is 13.6 Å². The van der Waals surface area contributed by atoms with Crippen LogP contribution in [0.4, 0.5) is 21.6 Å². The number of thiol groups is 1. The second kappa shape index (κ2) is 13.3. The van der Waals surface area contributed by atoms with Crippen LogP contribution >= 0.6 is 11.6 Å². The average Bonchev–Trinajstić information content (AvgIpc) is 2.98.